The van der Waals surface area contributed by atoms with Gasteiger partial charge in [-0.15, -0.1) is 0 Å². The average Bonchev–Trinajstić information content (AvgIpc) is 2.79. The summed E-state index contributed by atoms with van der Waals surface area (Å²) in [5.41, 5.74) is 0.227. The van der Waals surface area contributed by atoms with E-state index in [0.29, 0.717) is 28.7 Å². The summed E-state index contributed by atoms with van der Waals surface area (Å²) in [6.45, 7) is 0.628. The number of aromatic nitrogens is 2. The molecule has 2 amide bonds. The van der Waals surface area contributed by atoms with Crippen LogP contribution in [0.2, 0.25) is 0 Å². The molecule has 1 aliphatic heterocycles. The van der Waals surface area contributed by atoms with Crippen molar-refractivity contribution in [3.63, 3.8) is 0 Å². The van der Waals surface area contributed by atoms with Gasteiger partial charge in [-0.05, 0) is 25.0 Å². The molecule has 2 aromatic heterocycles. The number of carbonyl (C=O) groups is 2. The van der Waals surface area contributed by atoms with E-state index in [1.807, 2.05) is 0 Å². The number of nitrogens with one attached hydrogen (secondary N) is 3. The van der Waals surface area contributed by atoms with Crippen LogP contribution in [0.15, 0.2) is 23.1 Å². The summed E-state index contributed by atoms with van der Waals surface area (Å²) in [5.74, 6) is -0.709. The first kappa shape index (κ1) is 13.5. The number of hydrogen-bond acceptors (Lipinski definition) is 5. The van der Waals surface area contributed by atoms with Crippen molar-refractivity contribution in [1.82, 2.24) is 15.3 Å². The highest BCUT2D eigenvalue weighted by molar-refractivity contribution is 7.17. The minimum absolute atomic E-state index is 0.00680. The molecule has 2 aromatic rings. The van der Waals surface area contributed by atoms with Crippen molar-refractivity contribution in [2.45, 2.75) is 12.8 Å². The van der Waals surface area contributed by atoms with Crippen LogP contribution in [0.25, 0.3) is 0 Å². The first-order chi connectivity index (χ1) is 10.1. The Morgan fingerprint density at radius 3 is 3.05 bits per heavy atom. The molecule has 0 saturated carbocycles. The van der Waals surface area contributed by atoms with Crippen LogP contribution in [0.1, 0.15) is 32.1 Å². The molecule has 0 aliphatic carbocycles. The molecular weight excluding hydrogens is 292 g/mol. The summed E-state index contributed by atoms with van der Waals surface area (Å²) in [6, 6.07) is 3.00. The lowest BCUT2D eigenvalue weighted by Crippen LogP contribution is -2.22. The van der Waals surface area contributed by atoms with Crippen LogP contribution in [-0.2, 0) is 6.42 Å². The maximum Gasteiger partial charge on any atom is 0.263 e. The van der Waals surface area contributed by atoms with E-state index in [4.69, 9.17) is 0 Å². The molecule has 3 heterocycles. The lowest BCUT2D eigenvalue weighted by Gasteiger charge is -2.00. The Labute approximate surface area is 123 Å². The van der Waals surface area contributed by atoms with Crippen LogP contribution in [-0.4, -0.2) is 28.3 Å². The summed E-state index contributed by atoms with van der Waals surface area (Å²) in [6.07, 6.45) is 2.95. The fraction of sp³-hybridized carbons (Fsp3) is 0.231. The number of anilines is 1. The molecule has 7 nitrogen and oxygen atoms in total. The molecular formula is C13H12N4O3S. The fourth-order valence-electron chi connectivity index (χ4n) is 2.05. The molecule has 0 fully saturated rings. The zero-order valence-corrected chi connectivity index (χ0v) is 11.8. The van der Waals surface area contributed by atoms with Crippen molar-refractivity contribution < 1.29 is 9.59 Å². The summed E-state index contributed by atoms with van der Waals surface area (Å²) in [4.78, 5) is 42.6. The van der Waals surface area contributed by atoms with E-state index in [1.54, 1.807) is 6.07 Å². The fourth-order valence-corrected chi connectivity index (χ4v) is 2.98. The van der Waals surface area contributed by atoms with E-state index >= 15 is 0 Å². The van der Waals surface area contributed by atoms with Crippen LogP contribution in [0.5, 0.6) is 0 Å². The first-order valence-corrected chi connectivity index (χ1v) is 7.24. The lowest BCUT2D eigenvalue weighted by molar-refractivity contribution is 0.0958. The Balaban J connectivity index is 1.85. The van der Waals surface area contributed by atoms with Crippen LogP contribution in [0, 0.1) is 0 Å². The Hall–Kier alpha value is -2.48. The molecule has 1 aliphatic rings. The van der Waals surface area contributed by atoms with E-state index in [0.717, 1.165) is 17.8 Å². The molecule has 0 spiro atoms. The van der Waals surface area contributed by atoms with Gasteiger partial charge in [0, 0.05) is 12.7 Å². The third-order valence-corrected chi connectivity index (χ3v) is 4.07. The minimum Gasteiger partial charge on any atom is -0.351 e. The van der Waals surface area contributed by atoms with Gasteiger partial charge in [-0.1, -0.05) is 11.3 Å². The van der Waals surface area contributed by atoms with Gasteiger partial charge < -0.3 is 10.3 Å². The maximum atomic E-state index is 12.0. The third-order valence-electron chi connectivity index (χ3n) is 3.06. The van der Waals surface area contributed by atoms with Gasteiger partial charge >= 0.3 is 0 Å². The number of carbonyl (C=O) groups excluding carboxylic acids is 2. The topological polar surface area (TPSA) is 104 Å². The number of thiazole rings is 1. The van der Waals surface area contributed by atoms with Crippen molar-refractivity contribution in [3.05, 3.63) is 44.8 Å². The monoisotopic (exact) mass is 304 g/mol. The summed E-state index contributed by atoms with van der Waals surface area (Å²) >= 11 is 1.12. The molecule has 108 valence electrons. The van der Waals surface area contributed by atoms with Crippen molar-refractivity contribution in [2.24, 2.45) is 0 Å². The second-order valence-corrected chi connectivity index (χ2v) is 5.52. The number of rotatable bonds is 2. The van der Waals surface area contributed by atoms with Gasteiger partial charge in [0.05, 0.1) is 5.69 Å². The summed E-state index contributed by atoms with van der Waals surface area (Å²) < 4.78 is 0. The molecule has 21 heavy (non-hydrogen) atoms. The van der Waals surface area contributed by atoms with E-state index in [9.17, 15) is 14.4 Å². The van der Waals surface area contributed by atoms with Crippen molar-refractivity contribution in [3.8, 4) is 0 Å². The molecule has 0 radical (unpaired) electrons. The van der Waals surface area contributed by atoms with Crippen LogP contribution >= 0.6 is 11.3 Å². The van der Waals surface area contributed by atoms with E-state index in [2.05, 4.69) is 20.6 Å². The third kappa shape index (κ3) is 2.70. The maximum absolute atomic E-state index is 12.0. The van der Waals surface area contributed by atoms with Crippen molar-refractivity contribution >= 4 is 28.3 Å². The predicted molar refractivity (Wildman–Crippen MR) is 77.8 cm³/mol. The standard InChI is InChI=1S/C13H12N4O3S/c18-10-7(3-1-5-14-10)11(19)17-13-16-8-4-2-6-15-12(20)9(8)21-13/h1,3,5H,2,4,6H2,(H,14,18)(H,15,20)(H,16,17,19). The summed E-state index contributed by atoms with van der Waals surface area (Å²) in [5, 5.41) is 5.66. The number of H-pyrrole nitrogens is 1. The number of aryl methyl sites for hydroxylation is 1. The van der Waals surface area contributed by atoms with Crippen LogP contribution in [0.4, 0.5) is 5.13 Å². The van der Waals surface area contributed by atoms with Gasteiger partial charge in [-0.3, -0.25) is 19.7 Å². The molecule has 0 unspecified atom stereocenters. The highest BCUT2D eigenvalue weighted by atomic mass is 32.1. The Kier molecular flexibility index (Phi) is 3.53. The van der Waals surface area contributed by atoms with E-state index < -0.39 is 11.5 Å². The van der Waals surface area contributed by atoms with Gasteiger partial charge in [-0.2, -0.15) is 0 Å². The number of amides is 2. The second kappa shape index (κ2) is 5.49. The predicted octanol–water partition coefficient (Wildman–Crippen LogP) is 0.760. The molecule has 3 N–H and O–H groups in total. The van der Waals surface area contributed by atoms with Crippen molar-refractivity contribution in [1.29, 1.82) is 0 Å². The molecule has 8 heteroatoms. The lowest BCUT2D eigenvalue weighted by atomic mass is 10.2. The highest BCUT2D eigenvalue weighted by Gasteiger charge is 2.21. The van der Waals surface area contributed by atoms with Gasteiger partial charge in [0.25, 0.3) is 17.4 Å². The summed E-state index contributed by atoms with van der Waals surface area (Å²) in [7, 11) is 0. The largest absolute Gasteiger partial charge is 0.351 e. The number of hydrogen-bond donors (Lipinski definition) is 3. The van der Waals surface area contributed by atoms with Crippen molar-refractivity contribution in [2.75, 3.05) is 11.9 Å². The SMILES string of the molecule is O=C1NCCCc2nc(NC(=O)c3ccc[nH]c3=O)sc21. The van der Waals surface area contributed by atoms with Crippen LogP contribution in [0.3, 0.4) is 0 Å². The minimum atomic E-state index is -0.541. The average molecular weight is 304 g/mol. The number of fused-ring (bicyclic) bond motifs is 1. The van der Waals surface area contributed by atoms with Gasteiger partial charge in [0.15, 0.2) is 5.13 Å². The zero-order valence-electron chi connectivity index (χ0n) is 10.9. The van der Waals surface area contributed by atoms with E-state index in [-0.39, 0.29) is 11.5 Å². The molecule has 0 saturated heterocycles. The molecule has 0 bridgehead atoms. The number of aromatic amines is 1. The van der Waals surface area contributed by atoms with Gasteiger partial charge in [-0.25, -0.2) is 4.98 Å². The smallest absolute Gasteiger partial charge is 0.263 e. The zero-order chi connectivity index (χ0) is 14.8. The Bertz CT molecular complexity index is 765. The number of nitrogens with zero attached hydrogens (tertiary/aromatic N) is 1. The molecule has 0 aromatic carbocycles. The Morgan fingerprint density at radius 1 is 1.38 bits per heavy atom. The van der Waals surface area contributed by atoms with Gasteiger partial charge in [0.1, 0.15) is 10.4 Å². The second-order valence-electron chi connectivity index (χ2n) is 4.52. The van der Waals surface area contributed by atoms with Crippen LogP contribution < -0.4 is 16.2 Å². The quantitative estimate of drug-likeness (QED) is 0.762. The van der Waals surface area contributed by atoms with E-state index in [1.165, 1.54) is 12.3 Å². The number of pyridine rings is 1. The first-order valence-electron chi connectivity index (χ1n) is 6.42. The molecule has 0 atom stereocenters. The Morgan fingerprint density at radius 2 is 2.24 bits per heavy atom. The van der Waals surface area contributed by atoms with Gasteiger partial charge in [0.2, 0.25) is 0 Å². The molecule has 3 rings (SSSR count). The highest BCUT2D eigenvalue weighted by Crippen LogP contribution is 2.25. The normalized spacial score (nSPS) is 14.0.